The van der Waals surface area contributed by atoms with Crippen molar-refractivity contribution in [3.8, 4) is 0 Å². The van der Waals surface area contributed by atoms with Crippen molar-refractivity contribution >= 4 is 0 Å². The van der Waals surface area contributed by atoms with Crippen molar-refractivity contribution in [1.82, 2.24) is 5.32 Å². The van der Waals surface area contributed by atoms with Crippen molar-refractivity contribution < 1.29 is 0 Å². The molecule has 0 aromatic rings. The molecular formula is C10H19N. The van der Waals surface area contributed by atoms with Crippen LogP contribution < -0.4 is 5.32 Å². The minimum Gasteiger partial charge on any atom is -0.317 e. The molecule has 11 heavy (non-hydrogen) atoms. The maximum atomic E-state index is 4.01. The Kier molecular flexibility index (Phi) is 3.13. The SMILES string of the molecule is C=C(C)C1CCC(NC)CC1. The molecule has 1 fully saturated rings. The van der Waals surface area contributed by atoms with Crippen molar-refractivity contribution in [3.05, 3.63) is 12.2 Å². The Morgan fingerprint density at radius 1 is 1.27 bits per heavy atom. The third kappa shape index (κ3) is 2.33. The van der Waals surface area contributed by atoms with E-state index in [1.54, 1.807) is 0 Å². The van der Waals surface area contributed by atoms with Gasteiger partial charge in [0.15, 0.2) is 0 Å². The molecule has 0 aromatic carbocycles. The Morgan fingerprint density at radius 2 is 1.82 bits per heavy atom. The second-order valence-electron chi connectivity index (χ2n) is 3.68. The molecule has 0 saturated heterocycles. The fraction of sp³-hybridized carbons (Fsp3) is 0.800. The van der Waals surface area contributed by atoms with Crippen LogP contribution in [0.1, 0.15) is 32.6 Å². The molecule has 0 spiro atoms. The molecular weight excluding hydrogens is 134 g/mol. The van der Waals surface area contributed by atoms with E-state index in [1.807, 2.05) is 0 Å². The second-order valence-corrected chi connectivity index (χ2v) is 3.68. The topological polar surface area (TPSA) is 12.0 Å². The maximum absolute atomic E-state index is 4.01. The Balaban J connectivity index is 2.30. The minimum atomic E-state index is 0.769. The van der Waals surface area contributed by atoms with Gasteiger partial charge < -0.3 is 5.32 Å². The predicted molar refractivity (Wildman–Crippen MR) is 49.6 cm³/mol. The lowest BCUT2D eigenvalue weighted by Crippen LogP contribution is -2.30. The van der Waals surface area contributed by atoms with Crippen LogP contribution in [0.5, 0.6) is 0 Å². The van der Waals surface area contributed by atoms with Crippen molar-refractivity contribution in [1.29, 1.82) is 0 Å². The summed E-state index contributed by atoms with van der Waals surface area (Å²) in [6.45, 7) is 6.17. The highest BCUT2D eigenvalue weighted by Crippen LogP contribution is 2.28. The number of hydrogen-bond donors (Lipinski definition) is 1. The molecule has 1 aliphatic carbocycles. The average molecular weight is 153 g/mol. The zero-order chi connectivity index (χ0) is 8.27. The molecule has 0 atom stereocenters. The first-order valence-electron chi connectivity index (χ1n) is 4.56. The smallest absolute Gasteiger partial charge is 0.00644 e. The lowest BCUT2D eigenvalue weighted by Gasteiger charge is -2.28. The van der Waals surface area contributed by atoms with E-state index in [2.05, 4.69) is 25.9 Å². The van der Waals surface area contributed by atoms with Gasteiger partial charge in [0.2, 0.25) is 0 Å². The van der Waals surface area contributed by atoms with Gasteiger partial charge in [-0.1, -0.05) is 12.2 Å². The van der Waals surface area contributed by atoms with E-state index in [0.29, 0.717) is 0 Å². The van der Waals surface area contributed by atoms with Crippen molar-refractivity contribution in [2.45, 2.75) is 38.6 Å². The fourth-order valence-corrected chi connectivity index (χ4v) is 1.87. The van der Waals surface area contributed by atoms with Crippen LogP contribution in [0.3, 0.4) is 0 Å². The maximum Gasteiger partial charge on any atom is 0.00644 e. The molecule has 0 unspecified atom stereocenters. The first-order valence-corrected chi connectivity index (χ1v) is 4.56. The van der Waals surface area contributed by atoms with Crippen LogP contribution in [-0.2, 0) is 0 Å². The van der Waals surface area contributed by atoms with Crippen LogP contribution in [0.4, 0.5) is 0 Å². The van der Waals surface area contributed by atoms with Gasteiger partial charge in [-0.15, -0.1) is 0 Å². The summed E-state index contributed by atoms with van der Waals surface area (Å²) in [7, 11) is 2.06. The van der Waals surface area contributed by atoms with Gasteiger partial charge in [0.25, 0.3) is 0 Å². The summed E-state index contributed by atoms with van der Waals surface area (Å²) in [5, 5.41) is 3.33. The molecule has 1 aliphatic rings. The van der Waals surface area contributed by atoms with Gasteiger partial charge in [0.05, 0.1) is 0 Å². The Labute approximate surface area is 69.9 Å². The first kappa shape index (κ1) is 8.79. The van der Waals surface area contributed by atoms with Gasteiger partial charge in [0.1, 0.15) is 0 Å². The van der Waals surface area contributed by atoms with Crippen LogP contribution in [0.2, 0.25) is 0 Å². The Morgan fingerprint density at radius 3 is 2.18 bits per heavy atom. The Hall–Kier alpha value is -0.300. The van der Waals surface area contributed by atoms with Gasteiger partial charge in [0, 0.05) is 6.04 Å². The third-order valence-corrected chi connectivity index (χ3v) is 2.83. The van der Waals surface area contributed by atoms with Crippen LogP contribution in [0.25, 0.3) is 0 Å². The van der Waals surface area contributed by atoms with E-state index in [-0.39, 0.29) is 0 Å². The zero-order valence-electron chi connectivity index (χ0n) is 7.69. The standard InChI is InChI=1S/C10H19N/c1-8(2)9-4-6-10(11-3)7-5-9/h9-11H,1,4-7H2,2-3H3. The number of allylic oxidation sites excluding steroid dienone is 1. The van der Waals surface area contributed by atoms with E-state index < -0.39 is 0 Å². The highest BCUT2D eigenvalue weighted by Gasteiger charge is 2.19. The van der Waals surface area contributed by atoms with E-state index in [0.717, 1.165) is 12.0 Å². The molecule has 1 N–H and O–H groups in total. The van der Waals surface area contributed by atoms with Crippen LogP contribution in [0.15, 0.2) is 12.2 Å². The lowest BCUT2D eigenvalue weighted by molar-refractivity contribution is 0.332. The number of hydrogen-bond acceptors (Lipinski definition) is 1. The highest BCUT2D eigenvalue weighted by atomic mass is 14.9. The van der Waals surface area contributed by atoms with Crippen molar-refractivity contribution in [2.75, 3.05) is 7.05 Å². The van der Waals surface area contributed by atoms with Crippen LogP contribution >= 0.6 is 0 Å². The molecule has 1 saturated carbocycles. The summed E-state index contributed by atoms with van der Waals surface area (Å²) in [5.41, 5.74) is 1.37. The number of rotatable bonds is 2. The molecule has 0 amide bonds. The predicted octanol–water partition coefficient (Wildman–Crippen LogP) is 2.34. The monoisotopic (exact) mass is 153 g/mol. The summed E-state index contributed by atoms with van der Waals surface area (Å²) in [4.78, 5) is 0. The fourth-order valence-electron chi connectivity index (χ4n) is 1.87. The quantitative estimate of drug-likeness (QED) is 0.600. The Bertz CT molecular complexity index is 132. The van der Waals surface area contributed by atoms with E-state index in [1.165, 1.54) is 31.3 Å². The molecule has 0 aromatic heterocycles. The van der Waals surface area contributed by atoms with Crippen molar-refractivity contribution in [2.24, 2.45) is 5.92 Å². The molecule has 1 rings (SSSR count). The van der Waals surface area contributed by atoms with Gasteiger partial charge >= 0.3 is 0 Å². The van der Waals surface area contributed by atoms with Gasteiger partial charge in [-0.2, -0.15) is 0 Å². The van der Waals surface area contributed by atoms with Gasteiger partial charge in [-0.25, -0.2) is 0 Å². The molecule has 0 aliphatic heterocycles. The van der Waals surface area contributed by atoms with E-state index >= 15 is 0 Å². The van der Waals surface area contributed by atoms with Gasteiger partial charge in [-0.3, -0.25) is 0 Å². The largest absolute Gasteiger partial charge is 0.317 e. The zero-order valence-corrected chi connectivity index (χ0v) is 7.69. The first-order chi connectivity index (χ1) is 5.24. The van der Waals surface area contributed by atoms with Crippen molar-refractivity contribution in [3.63, 3.8) is 0 Å². The molecule has 0 radical (unpaired) electrons. The van der Waals surface area contributed by atoms with Gasteiger partial charge in [-0.05, 0) is 45.6 Å². The molecule has 0 heterocycles. The minimum absolute atomic E-state index is 0.769. The second kappa shape index (κ2) is 3.91. The normalized spacial score (nSPS) is 31.8. The summed E-state index contributed by atoms with van der Waals surface area (Å²) >= 11 is 0. The number of nitrogens with one attached hydrogen (secondary N) is 1. The summed E-state index contributed by atoms with van der Waals surface area (Å²) in [5.74, 6) is 0.805. The lowest BCUT2D eigenvalue weighted by atomic mass is 9.82. The molecule has 1 heteroatoms. The molecule has 1 nitrogen and oxygen atoms in total. The summed E-state index contributed by atoms with van der Waals surface area (Å²) in [6.07, 6.45) is 5.32. The third-order valence-electron chi connectivity index (χ3n) is 2.83. The van der Waals surface area contributed by atoms with Crippen LogP contribution in [0, 0.1) is 5.92 Å². The highest BCUT2D eigenvalue weighted by molar-refractivity contribution is 4.98. The molecule has 64 valence electrons. The van der Waals surface area contributed by atoms with E-state index in [9.17, 15) is 0 Å². The summed E-state index contributed by atoms with van der Waals surface area (Å²) in [6, 6.07) is 0.769. The van der Waals surface area contributed by atoms with Crippen LogP contribution in [-0.4, -0.2) is 13.1 Å². The van der Waals surface area contributed by atoms with E-state index in [4.69, 9.17) is 0 Å². The summed E-state index contributed by atoms with van der Waals surface area (Å²) < 4.78 is 0. The average Bonchev–Trinajstić information content (AvgIpc) is 2.05. The molecule has 0 bridgehead atoms.